The van der Waals surface area contributed by atoms with Gasteiger partial charge in [0.1, 0.15) is 0 Å². The van der Waals surface area contributed by atoms with Crippen molar-refractivity contribution >= 4 is 15.9 Å². The molecular formula is C16H25BrN2. The van der Waals surface area contributed by atoms with Gasteiger partial charge >= 0.3 is 0 Å². The van der Waals surface area contributed by atoms with Gasteiger partial charge in [0.2, 0.25) is 0 Å². The lowest BCUT2D eigenvalue weighted by Crippen LogP contribution is -2.43. The maximum Gasteiger partial charge on any atom is 0.0499 e. The third kappa shape index (κ3) is 3.39. The fourth-order valence-corrected chi connectivity index (χ4v) is 3.60. The second kappa shape index (κ2) is 6.38. The van der Waals surface area contributed by atoms with Crippen molar-refractivity contribution in [3.8, 4) is 0 Å². The lowest BCUT2D eigenvalue weighted by molar-refractivity contribution is 0.130. The smallest absolute Gasteiger partial charge is 0.0499 e. The van der Waals surface area contributed by atoms with Crippen molar-refractivity contribution in [3.05, 3.63) is 34.3 Å². The summed E-state index contributed by atoms with van der Waals surface area (Å²) in [5, 5.41) is 0. The maximum absolute atomic E-state index is 6.30. The fraction of sp³-hybridized carbons (Fsp3) is 0.625. The van der Waals surface area contributed by atoms with E-state index in [1.54, 1.807) is 0 Å². The van der Waals surface area contributed by atoms with Gasteiger partial charge in [-0.15, -0.1) is 0 Å². The van der Waals surface area contributed by atoms with Crippen LogP contribution in [0.25, 0.3) is 0 Å². The molecule has 1 aromatic rings. The third-order valence-electron chi connectivity index (χ3n) is 4.18. The Morgan fingerprint density at radius 2 is 1.84 bits per heavy atom. The summed E-state index contributed by atoms with van der Waals surface area (Å²) in [6.45, 7) is 7.94. The second-order valence-corrected chi connectivity index (χ2v) is 6.96. The molecule has 1 saturated heterocycles. The lowest BCUT2D eigenvalue weighted by atomic mass is 9.95. The van der Waals surface area contributed by atoms with Gasteiger partial charge in [-0.05, 0) is 49.9 Å². The fourth-order valence-electron chi connectivity index (χ4n) is 3.33. The molecule has 0 bridgehead atoms. The Bertz CT molecular complexity index is 400. The zero-order valence-electron chi connectivity index (χ0n) is 12.1. The highest BCUT2D eigenvalue weighted by Crippen LogP contribution is 2.34. The van der Waals surface area contributed by atoms with E-state index in [0.717, 1.165) is 4.47 Å². The van der Waals surface area contributed by atoms with Crippen molar-refractivity contribution in [1.82, 2.24) is 4.90 Å². The molecule has 2 nitrogen and oxygen atoms in total. The number of benzene rings is 1. The van der Waals surface area contributed by atoms with Gasteiger partial charge in [0.25, 0.3) is 0 Å². The van der Waals surface area contributed by atoms with E-state index in [2.05, 4.69) is 65.9 Å². The van der Waals surface area contributed by atoms with Gasteiger partial charge in [-0.1, -0.05) is 41.9 Å². The molecule has 1 fully saturated rings. The summed E-state index contributed by atoms with van der Waals surface area (Å²) in [5.74, 6) is 0.694. The Kier molecular flexibility index (Phi) is 5.04. The van der Waals surface area contributed by atoms with Crippen LogP contribution in [0.3, 0.4) is 0 Å². The van der Waals surface area contributed by atoms with Crippen LogP contribution in [0, 0.1) is 5.92 Å². The molecule has 2 N–H and O–H groups in total. The minimum atomic E-state index is 0.153. The number of likely N-dealkylation sites (tertiary alicyclic amines) is 1. The van der Waals surface area contributed by atoms with E-state index in [1.165, 1.54) is 24.9 Å². The molecule has 0 amide bonds. The zero-order chi connectivity index (χ0) is 14.0. The summed E-state index contributed by atoms with van der Waals surface area (Å²) < 4.78 is 1.13. The average Bonchev–Trinajstić information content (AvgIpc) is 2.80. The SMILES string of the molecule is CC(C)C1CCCN1C(c1ccc(Br)cc1)C(C)N. The summed E-state index contributed by atoms with van der Waals surface area (Å²) >= 11 is 3.51. The molecule has 3 atom stereocenters. The van der Waals surface area contributed by atoms with Crippen LogP contribution in [-0.4, -0.2) is 23.5 Å². The Balaban J connectivity index is 2.27. The molecule has 2 rings (SSSR count). The Morgan fingerprint density at radius 1 is 1.21 bits per heavy atom. The van der Waals surface area contributed by atoms with Crippen molar-refractivity contribution in [2.24, 2.45) is 11.7 Å². The number of halogens is 1. The van der Waals surface area contributed by atoms with Gasteiger partial charge in [0, 0.05) is 22.6 Å². The first kappa shape index (κ1) is 15.0. The number of nitrogens with two attached hydrogens (primary N) is 1. The second-order valence-electron chi connectivity index (χ2n) is 6.05. The van der Waals surface area contributed by atoms with E-state index in [9.17, 15) is 0 Å². The third-order valence-corrected chi connectivity index (χ3v) is 4.71. The summed E-state index contributed by atoms with van der Waals surface area (Å²) in [6, 6.07) is 9.79. The molecule has 1 aliphatic rings. The molecule has 3 heteroatoms. The molecule has 1 heterocycles. The Labute approximate surface area is 125 Å². The minimum Gasteiger partial charge on any atom is -0.326 e. The van der Waals surface area contributed by atoms with Crippen LogP contribution in [0.5, 0.6) is 0 Å². The van der Waals surface area contributed by atoms with E-state index in [1.807, 2.05) is 0 Å². The van der Waals surface area contributed by atoms with Gasteiger partial charge in [0.05, 0.1) is 0 Å². The standard InChI is InChI=1S/C16H25BrN2/c1-11(2)15-5-4-10-19(15)16(12(3)18)13-6-8-14(17)9-7-13/h6-9,11-12,15-16H,4-5,10,18H2,1-3H3. The normalized spacial score (nSPS) is 23.8. The van der Waals surface area contributed by atoms with E-state index >= 15 is 0 Å². The van der Waals surface area contributed by atoms with Crippen molar-refractivity contribution < 1.29 is 0 Å². The molecule has 0 spiro atoms. The lowest BCUT2D eigenvalue weighted by Gasteiger charge is -2.37. The van der Waals surface area contributed by atoms with Crippen LogP contribution in [0.2, 0.25) is 0 Å². The molecular weight excluding hydrogens is 300 g/mol. The van der Waals surface area contributed by atoms with Crippen molar-refractivity contribution in [2.75, 3.05) is 6.54 Å². The van der Waals surface area contributed by atoms with Crippen LogP contribution in [0.15, 0.2) is 28.7 Å². The van der Waals surface area contributed by atoms with Crippen LogP contribution < -0.4 is 5.73 Å². The number of nitrogens with zero attached hydrogens (tertiary/aromatic N) is 1. The summed E-state index contributed by atoms with van der Waals surface area (Å²) in [6.07, 6.45) is 2.60. The largest absolute Gasteiger partial charge is 0.326 e. The first-order valence-corrected chi connectivity index (χ1v) is 8.06. The number of rotatable bonds is 4. The Hall–Kier alpha value is -0.380. The van der Waals surface area contributed by atoms with E-state index < -0.39 is 0 Å². The van der Waals surface area contributed by atoms with Crippen LogP contribution in [0.4, 0.5) is 0 Å². The predicted molar refractivity (Wildman–Crippen MR) is 85.1 cm³/mol. The van der Waals surface area contributed by atoms with Crippen LogP contribution in [-0.2, 0) is 0 Å². The van der Waals surface area contributed by atoms with Gasteiger partial charge in [-0.25, -0.2) is 0 Å². The van der Waals surface area contributed by atoms with Crippen molar-refractivity contribution in [3.63, 3.8) is 0 Å². The highest BCUT2D eigenvalue weighted by molar-refractivity contribution is 9.10. The summed E-state index contributed by atoms with van der Waals surface area (Å²) in [5.41, 5.74) is 7.63. The highest BCUT2D eigenvalue weighted by atomic mass is 79.9. The van der Waals surface area contributed by atoms with Crippen LogP contribution >= 0.6 is 15.9 Å². The molecule has 1 aromatic carbocycles. The van der Waals surface area contributed by atoms with E-state index in [4.69, 9.17) is 5.73 Å². The molecule has 106 valence electrons. The predicted octanol–water partition coefficient (Wildman–Crippen LogP) is 3.96. The van der Waals surface area contributed by atoms with Gasteiger partial charge in [-0.2, -0.15) is 0 Å². The topological polar surface area (TPSA) is 29.3 Å². The summed E-state index contributed by atoms with van der Waals surface area (Å²) in [4.78, 5) is 2.62. The maximum atomic E-state index is 6.30. The number of hydrogen-bond donors (Lipinski definition) is 1. The molecule has 0 radical (unpaired) electrons. The van der Waals surface area contributed by atoms with Gasteiger partial charge in [-0.3, -0.25) is 4.90 Å². The molecule has 0 aliphatic carbocycles. The average molecular weight is 325 g/mol. The van der Waals surface area contributed by atoms with Crippen molar-refractivity contribution in [1.29, 1.82) is 0 Å². The zero-order valence-corrected chi connectivity index (χ0v) is 13.7. The first-order chi connectivity index (χ1) is 9.00. The van der Waals surface area contributed by atoms with E-state index in [0.29, 0.717) is 18.0 Å². The monoisotopic (exact) mass is 324 g/mol. The Morgan fingerprint density at radius 3 is 2.37 bits per heavy atom. The minimum absolute atomic E-state index is 0.153. The van der Waals surface area contributed by atoms with Crippen LogP contribution in [0.1, 0.15) is 45.2 Å². The molecule has 19 heavy (non-hydrogen) atoms. The highest BCUT2D eigenvalue weighted by Gasteiger charge is 2.34. The number of hydrogen-bond acceptors (Lipinski definition) is 2. The molecule has 3 unspecified atom stereocenters. The van der Waals surface area contributed by atoms with E-state index in [-0.39, 0.29) is 6.04 Å². The molecule has 0 aromatic heterocycles. The quantitative estimate of drug-likeness (QED) is 0.908. The molecule has 0 saturated carbocycles. The first-order valence-electron chi connectivity index (χ1n) is 7.27. The van der Waals surface area contributed by atoms with Gasteiger partial charge in [0.15, 0.2) is 0 Å². The van der Waals surface area contributed by atoms with Gasteiger partial charge < -0.3 is 5.73 Å². The molecule has 1 aliphatic heterocycles. The summed E-state index contributed by atoms with van der Waals surface area (Å²) in [7, 11) is 0. The van der Waals surface area contributed by atoms with Crippen molar-refractivity contribution in [2.45, 2.75) is 51.7 Å².